The highest BCUT2D eigenvalue weighted by Crippen LogP contribution is 2.22. The second-order valence-corrected chi connectivity index (χ2v) is 7.40. The molecule has 0 radical (unpaired) electrons. The molecule has 1 atom stereocenters. The molecule has 7 heteroatoms. The van der Waals surface area contributed by atoms with E-state index in [9.17, 15) is 9.59 Å². The van der Waals surface area contributed by atoms with Crippen LogP contribution < -0.4 is 0 Å². The van der Waals surface area contributed by atoms with Crippen LogP contribution in [0.4, 0.5) is 0 Å². The zero-order valence-electron chi connectivity index (χ0n) is 14.5. The normalized spacial score (nSPS) is 17.2. The Balaban J connectivity index is 1.50. The highest BCUT2D eigenvalue weighted by Gasteiger charge is 2.28. The van der Waals surface area contributed by atoms with E-state index in [1.807, 2.05) is 30.3 Å². The van der Waals surface area contributed by atoms with Crippen LogP contribution in [0, 0.1) is 0 Å². The molecule has 1 aliphatic heterocycles. The molecule has 26 heavy (non-hydrogen) atoms. The quantitative estimate of drug-likeness (QED) is 0.802. The van der Waals surface area contributed by atoms with Crippen molar-refractivity contribution < 1.29 is 19.1 Å². The summed E-state index contributed by atoms with van der Waals surface area (Å²) in [4.78, 5) is 29.5. The third kappa shape index (κ3) is 4.88. The first kappa shape index (κ1) is 18.5. The van der Waals surface area contributed by atoms with Crippen LogP contribution in [0.2, 0.25) is 0 Å². The third-order valence-electron chi connectivity index (χ3n) is 4.35. The summed E-state index contributed by atoms with van der Waals surface area (Å²) in [5.74, 6) is 2.06. The predicted octanol–water partition coefficient (Wildman–Crippen LogP) is 3.08. The third-order valence-corrected chi connectivity index (χ3v) is 5.44. The van der Waals surface area contributed by atoms with Gasteiger partial charge in [0.25, 0.3) is 0 Å². The Hall–Kier alpha value is -2.28. The number of oxazole rings is 1. The fraction of sp³-hybridized carbons (Fsp3) is 0.421. The fourth-order valence-electron chi connectivity index (χ4n) is 3.05. The fourth-order valence-corrected chi connectivity index (χ4v) is 4.11. The average molecular weight is 374 g/mol. The number of amides is 1. The Bertz CT molecular complexity index is 747. The maximum absolute atomic E-state index is 12.5. The van der Waals surface area contributed by atoms with Gasteiger partial charge in [0.05, 0.1) is 18.7 Å². The number of carbonyl (C=O) groups excluding carboxylic acids is 1. The average Bonchev–Trinajstić information content (AvgIpc) is 3.11. The van der Waals surface area contributed by atoms with Crippen LogP contribution in [0.25, 0.3) is 11.3 Å². The number of thioether (sulfide) groups is 1. The summed E-state index contributed by atoms with van der Waals surface area (Å²) >= 11 is 1.71. The van der Waals surface area contributed by atoms with Crippen LogP contribution in [0.15, 0.2) is 40.9 Å². The molecule has 1 aliphatic rings. The molecule has 0 aliphatic carbocycles. The lowest BCUT2D eigenvalue weighted by molar-refractivity contribution is -0.140. The molecule has 0 spiro atoms. The number of aryl methyl sites for hydroxylation is 1. The van der Waals surface area contributed by atoms with Crippen molar-refractivity contribution in [2.45, 2.75) is 31.7 Å². The first-order valence-corrected chi connectivity index (χ1v) is 9.88. The van der Waals surface area contributed by atoms with Crippen molar-refractivity contribution in [3.05, 3.63) is 42.4 Å². The topological polar surface area (TPSA) is 83.6 Å². The van der Waals surface area contributed by atoms with Crippen molar-refractivity contribution in [1.29, 1.82) is 0 Å². The Morgan fingerprint density at radius 3 is 2.88 bits per heavy atom. The van der Waals surface area contributed by atoms with Crippen molar-refractivity contribution >= 4 is 23.6 Å². The lowest BCUT2D eigenvalue weighted by atomic mass is 10.1. The van der Waals surface area contributed by atoms with Crippen molar-refractivity contribution in [3.8, 4) is 11.3 Å². The largest absolute Gasteiger partial charge is 0.481 e. The smallest absolute Gasteiger partial charge is 0.305 e. The summed E-state index contributed by atoms with van der Waals surface area (Å²) in [6.07, 6.45) is 3.32. The zero-order valence-corrected chi connectivity index (χ0v) is 15.3. The van der Waals surface area contributed by atoms with Gasteiger partial charge < -0.3 is 14.4 Å². The summed E-state index contributed by atoms with van der Waals surface area (Å²) in [5.41, 5.74) is 0.977. The number of hydrogen-bond acceptors (Lipinski definition) is 5. The molecule has 2 heterocycles. The lowest BCUT2D eigenvalue weighted by Gasteiger charge is -2.34. The van der Waals surface area contributed by atoms with Crippen molar-refractivity contribution in [2.75, 3.05) is 18.1 Å². The monoisotopic (exact) mass is 374 g/mol. The van der Waals surface area contributed by atoms with Crippen LogP contribution in [0.3, 0.4) is 0 Å². The highest BCUT2D eigenvalue weighted by molar-refractivity contribution is 7.99. The minimum atomic E-state index is -0.858. The van der Waals surface area contributed by atoms with E-state index in [-0.39, 0.29) is 18.4 Å². The van der Waals surface area contributed by atoms with Crippen molar-refractivity contribution in [2.24, 2.45) is 0 Å². The van der Waals surface area contributed by atoms with E-state index >= 15 is 0 Å². The number of carboxylic acid groups (broad SMARTS) is 1. The number of aliphatic carboxylic acids is 1. The Labute approximate surface area is 156 Å². The van der Waals surface area contributed by atoms with Crippen molar-refractivity contribution in [1.82, 2.24) is 9.88 Å². The number of hydrogen-bond donors (Lipinski definition) is 1. The minimum Gasteiger partial charge on any atom is -0.481 e. The number of rotatable bonds is 7. The van der Waals surface area contributed by atoms with Crippen molar-refractivity contribution in [3.63, 3.8) is 0 Å². The molecule has 138 valence electrons. The van der Waals surface area contributed by atoms with E-state index in [2.05, 4.69) is 4.98 Å². The summed E-state index contributed by atoms with van der Waals surface area (Å²) in [5, 5.41) is 9.02. The molecule has 6 nitrogen and oxygen atoms in total. The number of nitrogens with zero attached hydrogens (tertiary/aromatic N) is 2. The second kappa shape index (κ2) is 8.89. The van der Waals surface area contributed by atoms with E-state index in [4.69, 9.17) is 9.52 Å². The minimum absolute atomic E-state index is 0.0128. The van der Waals surface area contributed by atoms with Crippen LogP contribution >= 0.6 is 11.8 Å². The van der Waals surface area contributed by atoms with Gasteiger partial charge in [-0.1, -0.05) is 30.3 Å². The number of carboxylic acids is 1. The second-order valence-electron chi connectivity index (χ2n) is 6.25. The molecule has 3 rings (SSSR count). The zero-order chi connectivity index (χ0) is 18.4. The van der Waals surface area contributed by atoms with Gasteiger partial charge in [-0.3, -0.25) is 9.59 Å². The summed E-state index contributed by atoms with van der Waals surface area (Å²) in [6.45, 7) is 0.624. The standard InChI is InChI=1S/C19H22N2O4S/c22-18(21-9-10-26-13-15(21)11-19(23)24)8-4-7-17-20-12-16(25-17)14-5-2-1-3-6-14/h1-3,5-6,12,15H,4,7-11,13H2,(H,23,24). The molecule has 1 unspecified atom stereocenters. The first-order chi connectivity index (χ1) is 12.6. The molecule has 0 saturated carbocycles. The SMILES string of the molecule is O=C(O)CC1CSCCN1C(=O)CCCc1ncc(-c2ccccc2)o1. The van der Waals surface area contributed by atoms with Gasteiger partial charge in [0.1, 0.15) is 0 Å². The Morgan fingerprint density at radius 1 is 1.31 bits per heavy atom. The van der Waals surface area contributed by atoms with Gasteiger partial charge in [-0.25, -0.2) is 4.98 Å². The first-order valence-electron chi connectivity index (χ1n) is 8.72. The molecular formula is C19H22N2O4S. The number of carbonyl (C=O) groups is 2. The van der Waals surface area contributed by atoms with E-state index in [0.717, 1.165) is 17.1 Å². The van der Waals surface area contributed by atoms with Crippen LogP contribution in [0.1, 0.15) is 25.2 Å². The van der Waals surface area contributed by atoms with Gasteiger partial charge in [-0.2, -0.15) is 11.8 Å². The van der Waals surface area contributed by atoms with Crippen LogP contribution in [-0.2, 0) is 16.0 Å². The van der Waals surface area contributed by atoms with E-state index in [0.29, 0.717) is 37.5 Å². The summed E-state index contributed by atoms with van der Waals surface area (Å²) < 4.78 is 5.75. The molecule has 2 aromatic rings. The van der Waals surface area contributed by atoms with Gasteiger partial charge in [0, 0.05) is 36.5 Å². The molecule has 1 aromatic carbocycles. The van der Waals surface area contributed by atoms with Gasteiger partial charge in [0.15, 0.2) is 11.7 Å². The van der Waals surface area contributed by atoms with Gasteiger partial charge in [0.2, 0.25) is 5.91 Å². The highest BCUT2D eigenvalue weighted by atomic mass is 32.2. The molecule has 1 amide bonds. The van der Waals surface area contributed by atoms with E-state index < -0.39 is 5.97 Å². The Morgan fingerprint density at radius 2 is 2.12 bits per heavy atom. The molecular weight excluding hydrogens is 352 g/mol. The van der Waals surface area contributed by atoms with Crippen LogP contribution in [0.5, 0.6) is 0 Å². The molecule has 1 N–H and O–H groups in total. The Kier molecular flexibility index (Phi) is 6.33. The summed E-state index contributed by atoms with van der Waals surface area (Å²) in [7, 11) is 0. The maximum atomic E-state index is 12.5. The lowest BCUT2D eigenvalue weighted by Crippen LogP contribution is -2.47. The number of aromatic nitrogens is 1. The van der Waals surface area contributed by atoms with Gasteiger partial charge in [-0.15, -0.1) is 0 Å². The molecule has 1 fully saturated rings. The maximum Gasteiger partial charge on any atom is 0.305 e. The van der Waals surface area contributed by atoms with Gasteiger partial charge >= 0.3 is 5.97 Å². The molecule has 0 bridgehead atoms. The van der Waals surface area contributed by atoms with Crippen LogP contribution in [-0.4, -0.2) is 51.0 Å². The van der Waals surface area contributed by atoms with E-state index in [1.165, 1.54) is 0 Å². The van der Waals surface area contributed by atoms with Gasteiger partial charge in [-0.05, 0) is 6.42 Å². The molecule has 1 saturated heterocycles. The van der Waals surface area contributed by atoms with E-state index in [1.54, 1.807) is 22.9 Å². The predicted molar refractivity (Wildman–Crippen MR) is 100.0 cm³/mol. The summed E-state index contributed by atoms with van der Waals surface area (Å²) in [6, 6.07) is 9.56. The molecule has 1 aromatic heterocycles. The number of benzene rings is 1.